The van der Waals surface area contributed by atoms with Gasteiger partial charge in [0, 0.05) is 13.1 Å². The SMILES string of the molecule is CCCNC(=O)NCC1(C)CC1. The van der Waals surface area contributed by atoms with E-state index in [2.05, 4.69) is 17.6 Å². The van der Waals surface area contributed by atoms with E-state index in [1.807, 2.05) is 6.92 Å². The summed E-state index contributed by atoms with van der Waals surface area (Å²) in [5.74, 6) is 0. The fraction of sp³-hybridized carbons (Fsp3) is 0.889. The van der Waals surface area contributed by atoms with Crippen molar-refractivity contribution >= 4 is 6.03 Å². The zero-order valence-electron chi connectivity index (χ0n) is 7.94. The molecule has 0 heterocycles. The van der Waals surface area contributed by atoms with Crippen LogP contribution in [0.25, 0.3) is 0 Å². The molecule has 3 nitrogen and oxygen atoms in total. The maximum Gasteiger partial charge on any atom is 0.314 e. The quantitative estimate of drug-likeness (QED) is 0.659. The lowest BCUT2D eigenvalue weighted by atomic mass is 10.1. The van der Waals surface area contributed by atoms with Crippen LogP contribution in [0, 0.1) is 5.41 Å². The van der Waals surface area contributed by atoms with Crippen molar-refractivity contribution in [3.05, 3.63) is 0 Å². The highest BCUT2D eigenvalue weighted by Gasteiger charge is 2.37. The van der Waals surface area contributed by atoms with Gasteiger partial charge in [-0.3, -0.25) is 0 Å². The topological polar surface area (TPSA) is 41.1 Å². The summed E-state index contributed by atoms with van der Waals surface area (Å²) in [7, 11) is 0. The Morgan fingerprint density at radius 2 is 2.08 bits per heavy atom. The third-order valence-corrected chi connectivity index (χ3v) is 2.31. The fourth-order valence-electron chi connectivity index (χ4n) is 0.985. The summed E-state index contributed by atoms with van der Waals surface area (Å²) in [6.45, 7) is 5.83. The number of urea groups is 1. The molecule has 0 atom stereocenters. The summed E-state index contributed by atoms with van der Waals surface area (Å²) in [5, 5.41) is 5.65. The van der Waals surface area contributed by atoms with Gasteiger partial charge in [-0.05, 0) is 24.7 Å². The second-order valence-electron chi connectivity index (χ2n) is 3.92. The van der Waals surface area contributed by atoms with Crippen LogP contribution in [0.1, 0.15) is 33.1 Å². The van der Waals surface area contributed by atoms with Crippen LogP contribution in [-0.4, -0.2) is 19.1 Å². The van der Waals surface area contributed by atoms with Crippen LogP contribution < -0.4 is 10.6 Å². The zero-order valence-corrected chi connectivity index (χ0v) is 7.94. The molecule has 0 aromatic carbocycles. The highest BCUT2D eigenvalue weighted by atomic mass is 16.2. The molecule has 1 fully saturated rings. The first-order valence-corrected chi connectivity index (χ1v) is 4.68. The highest BCUT2D eigenvalue weighted by molar-refractivity contribution is 5.73. The van der Waals surface area contributed by atoms with Crippen molar-refractivity contribution in [3.8, 4) is 0 Å². The van der Waals surface area contributed by atoms with Gasteiger partial charge < -0.3 is 10.6 Å². The van der Waals surface area contributed by atoms with Crippen molar-refractivity contribution in [2.45, 2.75) is 33.1 Å². The van der Waals surface area contributed by atoms with Crippen molar-refractivity contribution in [2.75, 3.05) is 13.1 Å². The molecule has 1 rings (SSSR count). The monoisotopic (exact) mass is 170 g/mol. The van der Waals surface area contributed by atoms with Gasteiger partial charge in [-0.1, -0.05) is 13.8 Å². The van der Waals surface area contributed by atoms with Gasteiger partial charge in [-0.25, -0.2) is 4.79 Å². The maximum absolute atomic E-state index is 11.1. The predicted octanol–water partition coefficient (Wildman–Crippen LogP) is 1.50. The molecule has 0 saturated heterocycles. The Morgan fingerprint density at radius 1 is 1.42 bits per heavy atom. The fourth-order valence-corrected chi connectivity index (χ4v) is 0.985. The Balaban J connectivity index is 2.02. The summed E-state index contributed by atoms with van der Waals surface area (Å²) in [6.07, 6.45) is 3.49. The molecule has 0 aromatic rings. The van der Waals surface area contributed by atoms with Crippen LogP contribution in [0.3, 0.4) is 0 Å². The van der Waals surface area contributed by atoms with Crippen molar-refractivity contribution in [1.29, 1.82) is 0 Å². The van der Waals surface area contributed by atoms with Gasteiger partial charge in [0.2, 0.25) is 0 Å². The normalized spacial score (nSPS) is 18.5. The maximum atomic E-state index is 11.1. The first-order chi connectivity index (χ1) is 5.66. The average Bonchev–Trinajstić information content (AvgIpc) is 2.77. The lowest BCUT2D eigenvalue weighted by molar-refractivity contribution is 0.238. The number of amides is 2. The summed E-state index contributed by atoms with van der Waals surface area (Å²) in [6, 6.07) is -0.0232. The molecular weight excluding hydrogens is 152 g/mol. The van der Waals surface area contributed by atoms with Crippen molar-refractivity contribution < 1.29 is 4.79 Å². The van der Waals surface area contributed by atoms with E-state index in [1.165, 1.54) is 12.8 Å². The molecule has 0 unspecified atom stereocenters. The zero-order chi connectivity index (χ0) is 9.03. The molecule has 0 spiro atoms. The van der Waals surface area contributed by atoms with Gasteiger partial charge in [0.1, 0.15) is 0 Å². The number of carbonyl (C=O) groups excluding carboxylic acids is 1. The van der Waals surface area contributed by atoms with Crippen molar-refractivity contribution in [3.63, 3.8) is 0 Å². The third-order valence-electron chi connectivity index (χ3n) is 2.31. The minimum atomic E-state index is -0.0232. The lowest BCUT2D eigenvalue weighted by Crippen LogP contribution is -2.38. The molecule has 1 saturated carbocycles. The first-order valence-electron chi connectivity index (χ1n) is 4.68. The van der Waals surface area contributed by atoms with E-state index in [-0.39, 0.29) is 6.03 Å². The number of hydrogen-bond acceptors (Lipinski definition) is 1. The average molecular weight is 170 g/mol. The third kappa shape index (κ3) is 3.11. The second-order valence-corrected chi connectivity index (χ2v) is 3.92. The molecule has 12 heavy (non-hydrogen) atoms. The van der Waals surface area contributed by atoms with Crippen LogP contribution >= 0.6 is 0 Å². The predicted molar refractivity (Wildman–Crippen MR) is 49.0 cm³/mol. The van der Waals surface area contributed by atoms with Crippen LogP contribution in [-0.2, 0) is 0 Å². The van der Waals surface area contributed by atoms with Crippen LogP contribution in [0.5, 0.6) is 0 Å². The van der Waals surface area contributed by atoms with E-state index < -0.39 is 0 Å². The lowest BCUT2D eigenvalue weighted by Gasteiger charge is -2.10. The molecule has 0 radical (unpaired) electrons. The molecule has 1 aliphatic rings. The van der Waals surface area contributed by atoms with E-state index in [0.29, 0.717) is 5.41 Å². The van der Waals surface area contributed by atoms with E-state index in [0.717, 1.165) is 19.5 Å². The van der Waals surface area contributed by atoms with Gasteiger partial charge in [0.25, 0.3) is 0 Å². The van der Waals surface area contributed by atoms with Gasteiger partial charge in [-0.2, -0.15) is 0 Å². The Bertz CT molecular complexity index is 164. The Hall–Kier alpha value is -0.730. The summed E-state index contributed by atoms with van der Waals surface area (Å²) < 4.78 is 0. The van der Waals surface area contributed by atoms with Crippen LogP contribution in [0.4, 0.5) is 4.79 Å². The molecule has 70 valence electrons. The number of nitrogens with one attached hydrogen (secondary N) is 2. The van der Waals surface area contributed by atoms with Crippen LogP contribution in [0.2, 0.25) is 0 Å². The first kappa shape index (κ1) is 9.36. The minimum absolute atomic E-state index is 0.0232. The van der Waals surface area contributed by atoms with Gasteiger partial charge >= 0.3 is 6.03 Å². The molecule has 0 aliphatic heterocycles. The largest absolute Gasteiger partial charge is 0.338 e. The van der Waals surface area contributed by atoms with Crippen molar-refractivity contribution in [1.82, 2.24) is 10.6 Å². The molecular formula is C9H18N2O. The van der Waals surface area contributed by atoms with Gasteiger partial charge in [-0.15, -0.1) is 0 Å². The minimum Gasteiger partial charge on any atom is -0.338 e. The van der Waals surface area contributed by atoms with Crippen molar-refractivity contribution in [2.24, 2.45) is 5.41 Å². The van der Waals surface area contributed by atoms with E-state index in [4.69, 9.17) is 0 Å². The standard InChI is InChI=1S/C9H18N2O/c1-3-6-10-8(12)11-7-9(2)4-5-9/h3-7H2,1-2H3,(H2,10,11,12). The highest BCUT2D eigenvalue weighted by Crippen LogP contribution is 2.43. The van der Waals surface area contributed by atoms with E-state index in [9.17, 15) is 4.79 Å². The second kappa shape index (κ2) is 3.78. The summed E-state index contributed by atoms with van der Waals surface area (Å²) in [4.78, 5) is 11.1. The molecule has 1 aliphatic carbocycles. The van der Waals surface area contributed by atoms with Crippen LogP contribution in [0.15, 0.2) is 0 Å². The molecule has 2 amide bonds. The van der Waals surface area contributed by atoms with E-state index >= 15 is 0 Å². The summed E-state index contributed by atoms with van der Waals surface area (Å²) in [5.41, 5.74) is 0.406. The molecule has 3 heteroatoms. The Kier molecular flexibility index (Phi) is 2.95. The van der Waals surface area contributed by atoms with Gasteiger partial charge in [0.15, 0.2) is 0 Å². The Labute approximate surface area is 73.9 Å². The molecule has 0 bridgehead atoms. The molecule has 0 aromatic heterocycles. The Morgan fingerprint density at radius 3 is 2.58 bits per heavy atom. The smallest absolute Gasteiger partial charge is 0.314 e. The van der Waals surface area contributed by atoms with E-state index in [1.54, 1.807) is 0 Å². The van der Waals surface area contributed by atoms with Gasteiger partial charge in [0.05, 0.1) is 0 Å². The molecule has 2 N–H and O–H groups in total. The number of rotatable bonds is 4. The number of carbonyl (C=O) groups is 1. The summed E-state index contributed by atoms with van der Waals surface area (Å²) >= 11 is 0. The number of hydrogen-bond donors (Lipinski definition) is 2.